The molecule has 0 amide bonds. The Morgan fingerprint density at radius 3 is 2.65 bits per heavy atom. The van der Waals surface area contributed by atoms with E-state index in [0.717, 1.165) is 24.6 Å². The van der Waals surface area contributed by atoms with E-state index in [1.165, 1.54) is 16.8 Å². The average molecular weight is 272 g/mol. The molecule has 4 heteroatoms. The zero-order valence-corrected chi connectivity index (χ0v) is 12.2. The van der Waals surface area contributed by atoms with Gasteiger partial charge in [-0.15, -0.1) is 0 Å². The summed E-state index contributed by atoms with van der Waals surface area (Å²) in [7, 11) is 4.21. The molecule has 106 valence electrons. The number of hydrogen-bond acceptors (Lipinski definition) is 3. The molecule has 1 aromatic heterocycles. The number of benzene rings is 1. The van der Waals surface area contributed by atoms with Crippen LogP contribution in [-0.2, 0) is 20.1 Å². The zero-order valence-electron chi connectivity index (χ0n) is 12.2. The quantitative estimate of drug-likeness (QED) is 0.856. The van der Waals surface area contributed by atoms with Gasteiger partial charge in [-0.25, -0.2) is 0 Å². The third-order valence-electron chi connectivity index (χ3n) is 3.75. The van der Waals surface area contributed by atoms with Crippen LogP contribution in [0.2, 0.25) is 0 Å². The van der Waals surface area contributed by atoms with E-state index < -0.39 is 0 Å². The fraction of sp³-hybridized carbons (Fsp3) is 0.375. The molecule has 0 saturated carbocycles. The second kappa shape index (κ2) is 5.21. The Hall–Kier alpha value is -1.94. The normalized spacial score (nSPS) is 13.2. The van der Waals surface area contributed by atoms with Gasteiger partial charge in [0.15, 0.2) is 11.5 Å². The molecule has 0 bridgehead atoms. The number of ether oxygens (including phenoxy) is 2. The van der Waals surface area contributed by atoms with Gasteiger partial charge < -0.3 is 14.0 Å². The van der Waals surface area contributed by atoms with Gasteiger partial charge in [0.25, 0.3) is 0 Å². The molecule has 4 nitrogen and oxygen atoms in total. The van der Waals surface area contributed by atoms with Gasteiger partial charge in [0, 0.05) is 32.0 Å². The SMILES string of the molecule is Cc1cc2c(cc1CN(C)Cc1cccn1C)OCO2. The minimum atomic E-state index is 0.331. The Morgan fingerprint density at radius 1 is 1.20 bits per heavy atom. The van der Waals surface area contributed by atoms with Crippen LogP contribution < -0.4 is 9.47 Å². The predicted octanol–water partition coefficient (Wildman–Crippen LogP) is 2.69. The van der Waals surface area contributed by atoms with E-state index >= 15 is 0 Å². The third kappa shape index (κ3) is 2.51. The first-order valence-electron chi connectivity index (χ1n) is 6.81. The minimum absolute atomic E-state index is 0.331. The first kappa shape index (κ1) is 13.1. The first-order valence-corrected chi connectivity index (χ1v) is 6.81. The van der Waals surface area contributed by atoms with Gasteiger partial charge in [0.2, 0.25) is 6.79 Å². The Kier molecular flexibility index (Phi) is 3.40. The van der Waals surface area contributed by atoms with Crippen LogP contribution in [0, 0.1) is 6.92 Å². The van der Waals surface area contributed by atoms with Gasteiger partial charge in [-0.2, -0.15) is 0 Å². The maximum absolute atomic E-state index is 5.46. The van der Waals surface area contributed by atoms with Crippen molar-refractivity contribution in [2.75, 3.05) is 13.8 Å². The summed E-state index contributed by atoms with van der Waals surface area (Å²) >= 11 is 0. The molecule has 0 N–H and O–H groups in total. The first-order chi connectivity index (χ1) is 9.63. The molecule has 0 aliphatic carbocycles. The molecule has 3 rings (SSSR count). The van der Waals surface area contributed by atoms with Crippen molar-refractivity contribution in [3.05, 3.63) is 47.3 Å². The van der Waals surface area contributed by atoms with Crippen molar-refractivity contribution >= 4 is 0 Å². The van der Waals surface area contributed by atoms with Crippen LogP contribution in [0.25, 0.3) is 0 Å². The van der Waals surface area contributed by atoms with Crippen molar-refractivity contribution in [3.8, 4) is 11.5 Å². The Balaban J connectivity index is 1.73. The summed E-state index contributed by atoms with van der Waals surface area (Å²) in [5, 5.41) is 0. The lowest BCUT2D eigenvalue weighted by Gasteiger charge is -2.19. The largest absolute Gasteiger partial charge is 0.454 e. The molecule has 1 aliphatic rings. The van der Waals surface area contributed by atoms with Crippen molar-refractivity contribution < 1.29 is 9.47 Å². The van der Waals surface area contributed by atoms with Crippen LogP contribution in [0.4, 0.5) is 0 Å². The molecule has 20 heavy (non-hydrogen) atoms. The molecule has 0 spiro atoms. The van der Waals surface area contributed by atoms with E-state index in [0.29, 0.717) is 6.79 Å². The average Bonchev–Trinajstić information content (AvgIpc) is 2.99. The summed E-state index contributed by atoms with van der Waals surface area (Å²) in [6.45, 7) is 4.27. The zero-order chi connectivity index (χ0) is 14.1. The third-order valence-corrected chi connectivity index (χ3v) is 3.75. The second-order valence-electron chi connectivity index (χ2n) is 5.41. The second-order valence-corrected chi connectivity index (χ2v) is 5.41. The number of aryl methyl sites for hydroxylation is 2. The Labute approximate surface area is 119 Å². The van der Waals surface area contributed by atoms with E-state index in [1.807, 2.05) is 0 Å². The number of fused-ring (bicyclic) bond motifs is 1. The number of aromatic nitrogens is 1. The summed E-state index contributed by atoms with van der Waals surface area (Å²) in [6, 6.07) is 8.39. The molecule has 0 saturated heterocycles. The van der Waals surface area contributed by atoms with Crippen molar-refractivity contribution in [2.24, 2.45) is 7.05 Å². The van der Waals surface area contributed by atoms with Gasteiger partial charge in [-0.3, -0.25) is 4.90 Å². The fourth-order valence-corrected chi connectivity index (χ4v) is 2.54. The van der Waals surface area contributed by atoms with Gasteiger partial charge in [0.05, 0.1) is 0 Å². The van der Waals surface area contributed by atoms with Crippen LogP contribution in [0.3, 0.4) is 0 Å². The Bertz CT molecular complexity index is 619. The summed E-state index contributed by atoms with van der Waals surface area (Å²) in [5.41, 5.74) is 3.84. The van der Waals surface area contributed by atoms with Gasteiger partial charge in [0.1, 0.15) is 0 Å². The lowest BCUT2D eigenvalue weighted by Crippen LogP contribution is -2.19. The maximum Gasteiger partial charge on any atom is 0.231 e. The summed E-state index contributed by atoms with van der Waals surface area (Å²) < 4.78 is 13.0. The number of nitrogens with zero attached hydrogens (tertiary/aromatic N) is 2. The summed E-state index contributed by atoms with van der Waals surface area (Å²) in [6.07, 6.45) is 2.08. The molecular formula is C16H20N2O2. The monoisotopic (exact) mass is 272 g/mol. The highest BCUT2D eigenvalue weighted by Crippen LogP contribution is 2.34. The van der Waals surface area contributed by atoms with E-state index in [-0.39, 0.29) is 0 Å². The fourth-order valence-electron chi connectivity index (χ4n) is 2.54. The minimum Gasteiger partial charge on any atom is -0.454 e. The standard InChI is InChI=1S/C16H20N2O2/c1-12-7-15-16(20-11-19-15)8-13(12)9-17(2)10-14-5-4-6-18(14)3/h4-8H,9-11H2,1-3H3. The van der Waals surface area contributed by atoms with Crippen molar-refractivity contribution in [2.45, 2.75) is 20.0 Å². The molecule has 1 aliphatic heterocycles. The van der Waals surface area contributed by atoms with E-state index in [9.17, 15) is 0 Å². The van der Waals surface area contributed by atoms with E-state index in [1.54, 1.807) is 0 Å². The molecule has 0 unspecified atom stereocenters. The molecule has 0 atom stereocenters. The van der Waals surface area contributed by atoms with Gasteiger partial charge in [-0.1, -0.05) is 0 Å². The van der Waals surface area contributed by atoms with Crippen LogP contribution in [0.15, 0.2) is 30.5 Å². The van der Waals surface area contributed by atoms with Crippen LogP contribution in [-0.4, -0.2) is 23.3 Å². The lowest BCUT2D eigenvalue weighted by atomic mass is 10.1. The molecule has 0 fully saturated rings. The Morgan fingerprint density at radius 2 is 1.95 bits per heavy atom. The predicted molar refractivity (Wildman–Crippen MR) is 77.9 cm³/mol. The van der Waals surface area contributed by atoms with Crippen molar-refractivity contribution in [1.29, 1.82) is 0 Å². The topological polar surface area (TPSA) is 26.6 Å². The van der Waals surface area contributed by atoms with Crippen LogP contribution in [0.1, 0.15) is 16.8 Å². The lowest BCUT2D eigenvalue weighted by molar-refractivity contribution is 0.174. The van der Waals surface area contributed by atoms with E-state index in [2.05, 4.69) is 60.9 Å². The van der Waals surface area contributed by atoms with E-state index in [4.69, 9.17) is 9.47 Å². The highest BCUT2D eigenvalue weighted by molar-refractivity contribution is 5.48. The maximum atomic E-state index is 5.46. The number of hydrogen-bond donors (Lipinski definition) is 0. The molecular weight excluding hydrogens is 252 g/mol. The van der Waals surface area contributed by atoms with Gasteiger partial charge >= 0.3 is 0 Å². The molecule has 0 radical (unpaired) electrons. The van der Waals surface area contributed by atoms with Crippen molar-refractivity contribution in [3.63, 3.8) is 0 Å². The summed E-state index contributed by atoms with van der Waals surface area (Å²) in [5.74, 6) is 1.72. The van der Waals surface area contributed by atoms with Crippen LogP contribution in [0.5, 0.6) is 11.5 Å². The number of rotatable bonds is 4. The van der Waals surface area contributed by atoms with Gasteiger partial charge in [-0.05, 0) is 49.4 Å². The highest BCUT2D eigenvalue weighted by atomic mass is 16.7. The summed E-state index contributed by atoms with van der Waals surface area (Å²) in [4.78, 5) is 2.31. The van der Waals surface area contributed by atoms with Crippen LogP contribution >= 0.6 is 0 Å². The smallest absolute Gasteiger partial charge is 0.231 e. The van der Waals surface area contributed by atoms with Crippen molar-refractivity contribution in [1.82, 2.24) is 9.47 Å². The molecule has 1 aromatic carbocycles. The highest BCUT2D eigenvalue weighted by Gasteiger charge is 2.16. The molecule has 2 aromatic rings. The molecule has 2 heterocycles.